The van der Waals surface area contributed by atoms with Crippen LogP contribution in [0.3, 0.4) is 0 Å². The lowest BCUT2D eigenvalue weighted by Gasteiger charge is -2.10. The van der Waals surface area contributed by atoms with Gasteiger partial charge in [-0.1, -0.05) is 43.3 Å². The van der Waals surface area contributed by atoms with Crippen LogP contribution in [0.15, 0.2) is 53.6 Å². The third-order valence-corrected chi connectivity index (χ3v) is 4.49. The molecule has 1 fully saturated rings. The topological polar surface area (TPSA) is 74.8 Å². The van der Waals surface area contributed by atoms with Crippen molar-refractivity contribution in [2.24, 2.45) is 5.10 Å². The number of carbonyl (C=O) groups excluding carboxylic acids is 1. The van der Waals surface area contributed by atoms with Gasteiger partial charge < -0.3 is 4.74 Å². The highest BCUT2D eigenvalue weighted by atomic mass is 16.5. The summed E-state index contributed by atoms with van der Waals surface area (Å²) in [5.74, 6) is 0.586. The molecule has 3 rings (SSSR count). The molecule has 0 bridgehead atoms. The third-order valence-electron chi connectivity index (χ3n) is 4.49. The molecular weight excluding hydrogens is 328 g/mol. The molecule has 0 aromatic heterocycles. The Bertz CT molecular complexity index is 774. The van der Waals surface area contributed by atoms with Crippen molar-refractivity contribution in [2.75, 3.05) is 7.11 Å². The number of amides is 1. The lowest BCUT2D eigenvalue weighted by atomic mass is 10.00. The molecule has 2 aromatic carbocycles. The van der Waals surface area contributed by atoms with Crippen LogP contribution in [-0.2, 0) is 11.2 Å². The quantitative estimate of drug-likeness (QED) is 0.551. The van der Waals surface area contributed by atoms with Crippen LogP contribution >= 0.6 is 0 Å². The first-order valence-electron chi connectivity index (χ1n) is 8.76. The highest BCUT2D eigenvalue weighted by molar-refractivity contribution is 5.85. The van der Waals surface area contributed by atoms with Gasteiger partial charge in [0.1, 0.15) is 11.8 Å². The van der Waals surface area contributed by atoms with Gasteiger partial charge in [-0.25, -0.2) is 16.3 Å². The minimum absolute atomic E-state index is 0.110. The first kappa shape index (κ1) is 18.1. The van der Waals surface area contributed by atoms with E-state index in [0.717, 1.165) is 17.7 Å². The maximum absolute atomic E-state index is 12.3. The molecule has 1 heterocycles. The van der Waals surface area contributed by atoms with E-state index in [4.69, 9.17) is 4.74 Å². The van der Waals surface area contributed by atoms with Crippen molar-refractivity contribution < 1.29 is 9.53 Å². The van der Waals surface area contributed by atoms with Gasteiger partial charge in [-0.05, 0) is 41.7 Å². The molecule has 1 aliphatic heterocycles. The normalized spacial score (nSPS) is 19.6. The number of carbonyl (C=O) groups is 1. The SMILES string of the molecule is CCc1ccc(C2CC(C(=O)N/N=C/c3cccc(OC)c3)NN2)cc1. The van der Waals surface area contributed by atoms with Gasteiger partial charge >= 0.3 is 0 Å². The number of hydrazine groups is 1. The monoisotopic (exact) mass is 352 g/mol. The number of aryl methyl sites for hydroxylation is 1. The summed E-state index contributed by atoms with van der Waals surface area (Å²) in [5.41, 5.74) is 12.2. The van der Waals surface area contributed by atoms with Crippen molar-refractivity contribution >= 4 is 12.1 Å². The van der Waals surface area contributed by atoms with Crippen LogP contribution in [0, 0.1) is 0 Å². The molecule has 3 N–H and O–H groups in total. The van der Waals surface area contributed by atoms with Crippen molar-refractivity contribution in [2.45, 2.75) is 31.8 Å². The number of ether oxygens (including phenoxy) is 1. The van der Waals surface area contributed by atoms with Crippen LogP contribution < -0.4 is 21.0 Å². The fourth-order valence-electron chi connectivity index (χ4n) is 2.90. The second-order valence-corrected chi connectivity index (χ2v) is 6.24. The Labute approximate surface area is 153 Å². The van der Waals surface area contributed by atoms with Gasteiger partial charge in [-0.2, -0.15) is 5.10 Å². The molecule has 6 heteroatoms. The van der Waals surface area contributed by atoms with Crippen LogP contribution in [0.5, 0.6) is 5.75 Å². The van der Waals surface area contributed by atoms with Crippen LogP contribution in [0.1, 0.15) is 36.1 Å². The number of benzene rings is 2. The van der Waals surface area contributed by atoms with Crippen molar-refractivity contribution in [1.29, 1.82) is 0 Å². The number of rotatable bonds is 6. The highest BCUT2D eigenvalue weighted by Crippen LogP contribution is 2.22. The first-order valence-corrected chi connectivity index (χ1v) is 8.76. The van der Waals surface area contributed by atoms with E-state index in [1.165, 1.54) is 11.1 Å². The Hall–Kier alpha value is -2.70. The largest absolute Gasteiger partial charge is 0.497 e. The zero-order valence-corrected chi connectivity index (χ0v) is 15.0. The molecule has 1 saturated heterocycles. The van der Waals surface area contributed by atoms with Crippen LogP contribution in [0.25, 0.3) is 0 Å². The molecular formula is C20H24N4O2. The minimum Gasteiger partial charge on any atom is -0.497 e. The first-order chi connectivity index (χ1) is 12.7. The van der Waals surface area contributed by atoms with Gasteiger partial charge in [0.15, 0.2) is 0 Å². The average molecular weight is 352 g/mol. The van der Waals surface area contributed by atoms with E-state index in [0.29, 0.717) is 6.42 Å². The summed E-state index contributed by atoms with van der Waals surface area (Å²) in [6.07, 6.45) is 3.29. The van der Waals surface area contributed by atoms with Crippen LogP contribution in [-0.4, -0.2) is 25.3 Å². The lowest BCUT2D eigenvalue weighted by molar-refractivity contribution is -0.122. The Balaban J connectivity index is 1.53. The van der Waals surface area contributed by atoms with Gasteiger partial charge in [0.25, 0.3) is 5.91 Å². The summed E-state index contributed by atoms with van der Waals surface area (Å²) >= 11 is 0. The van der Waals surface area contributed by atoms with E-state index in [1.54, 1.807) is 13.3 Å². The third kappa shape index (κ3) is 4.47. The number of hydrogen-bond acceptors (Lipinski definition) is 5. The van der Waals surface area contributed by atoms with E-state index in [9.17, 15) is 4.79 Å². The second-order valence-electron chi connectivity index (χ2n) is 6.24. The van der Waals surface area contributed by atoms with Crippen LogP contribution in [0.2, 0.25) is 0 Å². The predicted octanol–water partition coefficient (Wildman–Crippen LogP) is 2.32. The number of hydrogen-bond donors (Lipinski definition) is 3. The van der Waals surface area contributed by atoms with E-state index in [1.807, 2.05) is 24.3 Å². The van der Waals surface area contributed by atoms with Gasteiger partial charge in [-0.3, -0.25) is 4.79 Å². The molecule has 1 aliphatic rings. The molecule has 2 unspecified atom stereocenters. The summed E-state index contributed by atoms with van der Waals surface area (Å²) in [6, 6.07) is 15.7. The van der Waals surface area contributed by atoms with Crippen molar-refractivity contribution in [3.8, 4) is 5.75 Å². The van der Waals surface area contributed by atoms with Gasteiger partial charge in [0.05, 0.1) is 13.3 Å². The van der Waals surface area contributed by atoms with E-state index >= 15 is 0 Å². The van der Waals surface area contributed by atoms with Crippen molar-refractivity contribution in [3.63, 3.8) is 0 Å². The Morgan fingerprint density at radius 2 is 2.08 bits per heavy atom. The Morgan fingerprint density at radius 3 is 2.81 bits per heavy atom. The number of hydrazone groups is 1. The number of methoxy groups -OCH3 is 1. The van der Waals surface area contributed by atoms with Crippen LogP contribution in [0.4, 0.5) is 0 Å². The summed E-state index contributed by atoms with van der Waals surface area (Å²) in [6.45, 7) is 2.14. The van der Waals surface area contributed by atoms with E-state index in [2.05, 4.69) is 52.6 Å². The summed E-state index contributed by atoms with van der Waals surface area (Å²) in [5, 5.41) is 4.03. The molecule has 6 nitrogen and oxygen atoms in total. The van der Waals surface area contributed by atoms with E-state index in [-0.39, 0.29) is 18.0 Å². The van der Waals surface area contributed by atoms with Gasteiger partial charge in [-0.15, -0.1) is 0 Å². The molecule has 2 atom stereocenters. The molecule has 2 aromatic rings. The summed E-state index contributed by atoms with van der Waals surface area (Å²) in [4.78, 5) is 12.3. The standard InChI is InChI=1S/C20H24N4O2/c1-3-14-7-9-16(10-8-14)18-12-19(23-22-18)20(25)24-21-13-15-5-4-6-17(11-15)26-2/h4-11,13,18-19,22-23H,3,12H2,1-2H3,(H,24,25)/b21-13+. The fourth-order valence-corrected chi connectivity index (χ4v) is 2.90. The molecule has 0 spiro atoms. The average Bonchev–Trinajstić information content (AvgIpc) is 3.18. The molecule has 0 saturated carbocycles. The van der Waals surface area contributed by atoms with Crippen molar-refractivity contribution in [1.82, 2.24) is 16.3 Å². The summed E-state index contributed by atoms with van der Waals surface area (Å²) < 4.78 is 5.16. The second kappa shape index (κ2) is 8.60. The highest BCUT2D eigenvalue weighted by Gasteiger charge is 2.29. The van der Waals surface area contributed by atoms with Gasteiger partial charge in [0.2, 0.25) is 0 Å². The molecule has 0 radical (unpaired) electrons. The van der Waals surface area contributed by atoms with Crippen molar-refractivity contribution in [3.05, 3.63) is 65.2 Å². The molecule has 26 heavy (non-hydrogen) atoms. The predicted molar refractivity (Wildman–Crippen MR) is 102 cm³/mol. The smallest absolute Gasteiger partial charge is 0.258 e. The minimum atomic E-state index is -0.326. The zero-order valence-electron chi connectivity index (χ0n) is 15.0. The Morgan fingerprint density at radius 1 is 1.27 bits per heavy atom. The van der Waals surface area contributed by atoms with E-state index < -0.39 is 0 Å². The Kier molecular flexibility index (Phi) is 5.99. The zero-order chi connectivity index (χ0) is 18.4. The fraction of sp³-hybridized carbons (Fsp3) is 0.300. The van der Waals surface area contributed by atoms with Gasteiger partial charge in [0, 0.05) is 6.04 Å². The molecule has 136 valence electrons. The molecule has 0 aliphatic carbocycles. The maximum atomic E-state index is 12.3. The molecule has 1 amide bonds. The number of nitrogens with zero attached hydrogens (tertiary/aromatic N) is 1. The maximum Gasteiger partial charge on any atom is 0.258 e. The number of nitrogens with one attached hydrogen (secondary N) is 3. The summed E-state index contributed by atoms with van der Waals surface area (Å²) in [7, 11) is 1.61. The lowest BCUT2D eigenvalue weighted by Crippen LogP contribution is -2.41.